The van der Waals surface area contributed by atoms with E-state index < -0.39 is 0 Å². The van der Waals surface area contributed by atoms with Gasteiger partial charge in [0.15, 0.2) is 0 Å². The highest BCUT2D eigenvalue weighted by Crippen LogP contribution is 2.37. The molecule has 1 aliphatic rings. The summed E-state index contributed by atoms with van der Waals surface area (Å²) in [6.07, 6.45) is 4.19. The second kappa shape index (κ2) is 7.60. The number of rotatable bonds is 2. The Bertz CT molecular complexity index is 1720. The van der Waals surface area contributed by atoms with E-state index in [0.717, 1.165) is 6.54 Å². The zero-order chi connectivity index (χ0) is 22.5. The molecular formula is C33H23N. The normalized spacial score (nSPS) is 12.7. The number of hydrogen-bond donors (Lipinski definition) is 1. The van der Waals surface area contributed by atoms with Crippen LogP contribution in [0.25, 0.3) is 60.6 Å². The number of fused-ring (bicyclic) bond motifs is 7. The molecule has 6 aromatic carbocycles. The Balaban J connectivity index is 1.40. The fourth-order valence-electron chi connectivity index (χ4n) is 5.37. The van der Waals surface area contributed by atoms with Gasteiger partial charge in [0, 0.05) is 6.54 Å². The van der Waals surface area contributed by atoms with Gasteiger partial charge in [0.05, 0.1) is 0 Å². The molecule has 0 amide bonds. The van der Waals surface area contributed by atoms with E-state index in [2.05, 4.69) is 121 Å². The Kier molecular flexibility index (Phi) is 4.28. The van der Waals surface area contributed by atoms with Gasteiger partial charge in [-0.05, 0) is 96.2 Å². The maximum atomic E-state index is 3.29. The lowest BCUT2D eigenvalue weighted by Crippen LogP contribution is -2.09. The summed E-state index contributed by atoms with van der Waals surface area (Å²) in [6.45, 7) is 0.895. The highest BCUT2D eigenvalue weighted by atomic mass is 14.8. The van der Waals surface area contributed by atoms with Gasteiger partial charge in [-0.3, -0.25) is 0 Å². The molecular weight excluding hydrogens is 410 g/mol. The van der Waals surface area contributed by atoms with Crippen molar-refractivity contribution >= 4 is 38.4 Å². The molecule has 0 bridgehead atoms. The monoisotopic (exact) mass is 433 g/mol. The first-order valence-electron chi connectivity index (χ1n) is 11.8. The van der Waals surface area contributed by atoms with Crippen LogP contribution in [0, 0.1) is 0 Å². The SMILES string of the molecule is C1=Cc2cc(-c3cccc(-c4ccc5c6ccccc6c6ccccc6c5c4)c3)ccc2CN1. The van der Waals surface area contributed by atoms with Crippen molar-refractivity contribution in [2.24, 2.45) is 0 Å². The van der Waals surface area contributed by atoms with Crippen LogP contribution < -0.4 is 5.32 Å². The van der Waals surface area contributed by atoms with E-state index in [-0.39, 0.29) is 0 Å². The predicted octanol–water partition coefficient (Wildman–Crippen LogP) is 8.55. The smallest absolute Gasteiger partial charge is 0.0401 e. The van der Waals surface area contributed by atoms with Gasteiger partial charge < -0.3 is 5.32 Å². The zero-order valence-electron chi connectivity index (χ0n) is 18.8. The minimum atomic E-state index is 0.895. The van der Waals surface area contributed by atoms with Crippen LogP contribution in [0.4, 0.5) is 0 Å². The van der Waals surface area contributed by atoms with Crippen LogP contribution in [0.3, 0.4) is 0 Å². The summed E-state index contributed by atoms with van der Waals surface area (Å²) in [6, 6.07) is 40.1. The van der Waals surface area contributed by atoms with Crippen molar-refractivity contribution in [3.63, 3.8) is 0 Å². The van der Waals surface area contributed by atoms with Crippen LogP contribution in [0.15, 0.2) is 115 Å². The first kappa shape index (κ1) is 19.1. The van der Waals surface area contributed by atoms with E-state index in [1.807, 2.05) is 6.20 Å². The topological polar surface area (TPSA) is 12.0 Å². The minimum Gasteiger partial charge on any atom is -0.387 e. The van der Waals surface area contributed by atoms with Crippen molar-refractivity contribution in [3.8, 4) is 22.3 Å². The van der Waals surface area contributed by atoms with Gasteiger partial charge in [-0.1, -0.05) is 91.0 Å². The molecule has 1 heteroatoms. The van der Waals surface area contributed by atoms with Gasteiger partial charge in [-0.15, -0.1) is 0 Å². The molecule has 0 fully saturated rings. The molecule has 160 valence electrons. The summed E-state index contributed by atoms with van der Waals surface area (Å²) < 4.78 is 0. The summed E-state index contributed by atoms with van der Waals surface area (Å²) in [5.74, 6) is 0. The summed E-state index contributed by atoms with van der Waals surface area (Å²) >= 11 is 0. The van der Waals surface area contributed by atoms with E-state index in [1.165, 1.54) is 65.7 Å². The zero-order valence-corrected chi connectivity index (χ0v) is 18.8. The number of nitrogens with one attached hydrogen (secondary N) is 1. The molecule has 0 radical (unpaired) electrons. The van der Waals surface area contributed by atoms with Gasteiger partial charge >= 0.3 is 0 Å². The van der Waals surface area contributed by atoms with Crippen molar-refractivity contribution in [1.82, 2.24) is 5.32 Å². The third-order valence-electron chi connectivity index (χ3n) is 7.09. The Hall–Kier alpha value is -4.36. The van der Waals surface area contributed by atoms with Crippen LogP contribution in [-0.2, 0) is 6.54 Å². The van der Waals surface area contributed by atoms with Crippen molar-refractivity contribution in [2.75, 3.05) is 0 Å². The molecule has 0 atom stereocenters. The molecule has 1 heterocycles. The Morgan fingerprint density at radius 3 is 1.71 bits per heavy atom. The third kappa shape index (κ3) is 3.02. The largest absolute Gasteiger partial charge is 0.387 e. The third-order valence-corrected chi connectivity index (χ3v) is 7.09. The van der Waals surface area contributed by atoms with Crippen LogP contribution in [0.2, 0.25) is 0 Å². The van der Waals surface area contributed by atoms with Crippen molar-refractivity contribution in [3.05, 3.63) is 127 Å². The van der Waals surface area contributed by atoms with E-state index in [0.29, 0.717) is 0 Å². The lowest BCUT2D eigenvalue weighted by atomic mass is 9.91. The first-order valence-corrected chi connectivity index (χ1v) is 11.8. The fourth-order valence-corrected chi connectivity index (χ4v) is 5.37. The van der Waals surface area contributed by atoms with Crippen LogP contribution in [0.5, 0.6) is 0 Å². The highest BCUT2D eigenvalue weighted by Gasteiger charge is 2.11. The summed E-state index contributed by atoms with van der Waals surface area (Å²) in [4.78, 5) is 0. The lowest BCUT2D eigenvalue weighted by molar-refractivity contribution is 0.859. The van der Waals surface area contributed by atoms with Crippen molar-refractivity contribution < 1.29 is 0 Å². The summed E-state index contributed by atoms with van der Waals surface area (Å²) in [5.41, 5.74) is 7.63. The molecule has 1 aliphatic heterocycles. The summed E-state index contributed by atoms with van der Waals surface area (Å²) in [5, 5.41) is 11.2. The Labute approximate surface area is 199 Å². The quantitative estimate of drug-likeness (QED) is 0.270. The van der Waals surface area contributed by atoms with Crippen LogP contribution in [-0.4, -0.2) is 0 Å². The van der Waals surface area contributed by atoms with Crippen LogP contribution >= 0.6 is 0 Å². The van der Waals surface area contributed by atoms with Crippen LogP contribution in [0.1, 0.15) is 11.1 Å². The van der Waals surface area contributed by atoms with E-state index in [1.54, 1.807) is 0 Å². The average Bonchev–Trinajstić information content (AvgIpc) is 2.93. The lowest BCUT2D eigenvalue weighted by Gasteiger charge is -2.14. The van der Waals surface area contributed by atoms with E-state index >= 15 is 0 Å². The number of benzene rings is 6. The molecule has 0 saturated carbocycles. The van der Waals surface area contributed by atoms with Crippen molar-refractivity contribution in [2.45, 2.75) is 6.54 Å². The van der Waals surface area contributed by atoms with E-state index in [9.17, 15) is 0 Å². The van der Waals surface area contributed by atoms with Gasteiger partial charge in [0.2, 0.25) is 0 Å². The van der Waals surface area contributed by atoms with E-state index in [4.69, 9.17) is 0 Å². The van der Waals surface area contributed by atoms with Gasteiger partial charge in [-0.25, -0.2) is 0 Å². The van der Waals surface area contributed by atoms with Gasteiger partial charge in [0.25, 0.3) is 0 Å². The molecule has 0 saturated heterocycles. The van der Waals surface area contributed by atoms with Gasteiger partial charge in [-0.2, -0.15) is 0 Å². The highest BCUT2D eigenvalue weighted by molar-refractivity contribution is 6.25. The second-order valence-corrected chi connectivity index (χ2v) is 9.06. The predicted molar refractivity (Wildman–Crippen MR) is 146 cm³/mol. The fraction of sp³-hybridized carbons (Fsp3) is 0.0303. The van der Waals surface area contributed by atoms with Gasteiger partial charge in [0.1, 0.15) is 0 Å². The molecule has 0 aromatic heterocycles. The molecule has 1 N–H and O–H groups in total. The second-order valence-electron chi connectivity index (χ2n) is 9.06. The molecule has 0 spiro atoms. The number of hydrogen-bond acceptors (Lipinski definition) is 1. The Morgan fingerprint density at radius 1 is 0.441 bits per heavy atom. The molecule has 1 nitrogen and oxygen atoms in total. The maximum Gasteiger partial charge on any atom is 0.0401 e. The average molecular weight is 434 g/mol. The first-order chi connectivity index (χ1) is 16.8. The molecule has 0 aliphatic carbocycles. The molecule has 6 aromatic rings. The Morgan fingerprint density at radius 2 is 1.00 bits per heavy atom. The molecule has 0 unspecified atom stereocenters. The minimum absolute atomic E-state index is 0.895. The molecule has 7 rings (SSSR count). The maximum absolute atomic E-state index is 3.29. The summed E-state index contributed by atoms with van der Waals surface area (Å²) in [7, 11) is 0. The standard InChI is InChI=1S/C33H23N/c1-2-10-30-28(8-1)29-9-3-4-11-31(29)33-20-25(14-15-32(30)33)23-7-5-6-22(18-23)24-12-13-27-21-34-17-16-26(27)19-24/h1-20,34H,21H2. The molecule has 34 heavy (non-hydrogen) atoms. The van der Waals surface area contributed by atoms with Crippen molar-refractivity contribution in [1.29, 1.82) is 0 Å².